The van der Waals surface area contributed by atoms with E-state index in [2.05, 4.69) is 10.6 Å². The van der Waals surface area contributed by atoms with E-state index in [0.29, 0.717) is 24.9 Å². The minimum atomic E-state index is -0.630. The average Bonchev–Trinajstić information content (AvgIpc) is 3.30. The van der Waals surface area contributed by atoms with Crippen molar-refractivity contribution < 1.29 is 14.4 Å². The second kappa shape index (κ2) is 6.92. The molecule has 0 unspecified atom stereocenters. The highest BCUT2D eigenvalue weighted by atomic mass is 32.1. The van der Waals surface area contributed by atoms with Crippen molar-refractivity contribution in [3.8, 4) is 0 Å². The second-order valence-corrected chi connectivity index (χ2v) is 7.59. The first-order valence-corrected chi connectivity index (χ1v) is 9.50. The van der Waals surface area contributed by atoms with Crippen molar-refractivity contribution in [1.82, 2.24) is 15.5 Å². The number of fused-ring (bicyclic) bond motifs is 1. The van der Waals surface area contributed by atoms with Crippen LogP contribution in [0.1, 0.15) is 21.7 Å². The molecular weight excluding hydrogens is 350 g/mol. The van der Waals surface area contributed by atoms with Crippen LogP contribution in [0.5, 0.6) is 0 Å². The molecule has 3 heterocycles. The molecule has 3 amide bonds. The maximum atomic E-state index is 12.8. The Hall–Kier alpha value is -2.67. The van der Waals surface area contributed by atoms with Gasteiger partial charge in [0.2, 0.25) is 11.8 Å². The molecule has 0 radical (unpaired) electrons. The topological polar surface area (TPSA) is 78.5 Å². The van der Waals surface area contributed by atoms with Crippen molar-refractivity contribution in [2.75, 3.05) is 6.54 Å². The van der Waals surface area contributed by atoms with Crippen molar-refractivity contribution in [3.05, 3.63) is 58.3 Å². The molecule has 4 rings (SSSR count). The van der Waals surface area contributed by atoms with E-state index in [9.17, 15) is 14.4 Å². The molecule has 3 atom stereocenters. The maximum absolute atomic E-state index is 12.8. The molecule has 2 aromatic rings. The van der Waals surface area contributed by atoms with Crippen LogP contribution in [0.15, 0.2) is 47.8 Å². The van der Waals surface area contributed by atoms with E-state index in [1.54, 1.807) is 40.5 Å². The first kappa shape index (κ1) is 16.8. The van der Waals surface area contributed by atoms with Crippen molar-refractivity contribution in [2.24, 2.45) is 0 Å². The van der Waals surface area contributed by atoms with Crippen LogP contribution < -0.4 is 10.6 Å². The lowest BCUT2D eigenvalue weighted by atomic mass is 10.0. The van der Waals surface area contributed by atoms with Gasteiger partial charge in [0.1, 0.15) is 12.1 Å². The Morgan fingerprint density at radius 1 is 1.19 bits per heavy atom. The SMILES string of the molecule is O=C(N[C@H]1CCN2C(=O)[C@H](Cc3cccs3)NC(=O)[C@H]12)c1ccccc1. The summed E-state index contributed by atoms with van der Waals surface area (Å²) < 4.78 is 0. The van der Waals surface area contributed by atoms with Crippen LogP contribution in [0, 0.1) is 0 Å². The Bertz CT molecular complexity index is 822. The van der Waals surface area contributed by atoms with Crippen LogP contribution in [0.4, 0.5) is 0 Å². The highest BCUT2D eigenvalue weighted by Crippen LogP contribution is 2.25. The highest BCUT2D eigenvalue weighted by molar-refractivity contribution is 7.09. The Morgan fingerprint density at radius 2 is 2.00 bits per heavy atom. The lowest BCUT2D eigenvalue weighted by Crippen LogP contribution is -2.65. The number of hydrogen-bond acceptors (Lipinski definition) is 4. The number of carbonyl (C=O) groups excluding carboxylic acids is 3. The van der Waals surface area contributed by atoms with E-state index in [-0.39, 0.29) is 23.8 Å². The zero-order valence-corrected chi connectivity index (χ0v) is 14.9. The van der Waals surface area contributed by atoms with E-state index < -0.39 is 12.1 Å². The summed E-state index contributed by atoms with van der Waals surface area (Å²) in [7, 11) is 0. The average molecular weight is 369 g/mol. The number of thiophene rings is 1. The zero-order chi connectivity index (χ0) is 18.1. The van der Waals surface area contributed by atoms with Gasteiger partial charge in [-0.25, -0.2) is 0 Å². The summed E-state index contributed by atoms with van der Waals surface area (Å²) >= 11 is 1.57. The van der Waals surface area contributed by atoms with Gasteiger partial charge in [-0.05, 0) is 30.0 Å². The van der Waals surface area contributed by atoms with Gasteiger partial charge in [0.05, 0.1) is 6.04 Å². The minimum absolute atomic E-state index is 0.0699. The molecule has 6 nitrogen and oxygen atoms in total. The largest absolute Gasteiger partial charge is 0.347 e. The van der Waals surface area contributed by atoms with Crippen molar-refractivity contribution in [1.29, 1.82) is 0 Å². The van der Waals surface area contributed by atoms with Gasteiger partial charge in [-0.2, -0.15) is 0 Å². The second-order valence-electron chi connectivity index (χ2n) is 6.56. The normalized spacial score (nSPS) is 24.9. The molecule has 0 bridgehead atoms. The number of piperazine rings is 1. The van der Waals surface area contributed by atoms with E-state index in [4.69, 9.17) is 0 Å². The third-order valence-corrected chi connectivity index (χ3v) is 5.80. The molecular formula is C19H19N3O3S. The number of amides is 3. The first-order valence-electron chi connectivity index (χ1n) is 8.62. The fourth-order valence-corrected chi connectivity index (χ4v) is 4.40. The molecule has 2 aliphatic rings. The standard InChI is InChI=1S/C19H19N3O3S/c23-17(12-5-2-1-3-6-12)20-14-8-9-22-16(14)18(24)21-15(19(22)25)11-13-7-4-10-26-13/h1-7,10,14-16H,8-9,11H2,(H,20,23)(H,21,24)/t14-,15-,16-/m0/s1. The van der Waals surface area contributed by atoms with Crippen LogP contribution in [-0.2, 0) is 16.0 Å². The number of nitrogens with zero attached hydrogens (tertiary/aromatic N) is 1. The van der Waals surface area contributed by atoms with Crippen molar-refractivity contribution in [3.63, 3.8) is 0 Å². The summed E-state index contributed by atoms with van der Waals surface area (Å²) in [5.74, 6) is -0.486. The molecule has 0 aliphatic carbocycles. The molecule has 2 fully saturated rings. The monoisotopic (exact) mass is 369 g/mol. The van der Waals surface area contributed by atoms with Gasteiger partial charge < -0.3 is 15.5 Å². The Labute approximate surface area is 155 Å². The maximum Gasteiger partial charge on any atom is 0.251 e. The Balaban J connectivity index is 1.46. The summed E-state index contributed by atoms with van der Waals surface area (Å²) in [5, 5.41) is 7.71. The molecule has 0 spiro atoms. The highest BCUT2D eigenvalue weighted by Gasteiger charge is 2.48. The zero-order valence-electron chi connectivity index (χ0n) is 14.1. The van der Waals surface area contributed by atoms with Crippen molar-refractivity contribution in [2.45, 2.75) is 31.0 Å². The third kappa shape index (κ3) is 3.10. The van der Waals surface area contributed by atoms with Gasteiger partial charge in [-0.1, -0.05) is 24.3 Å². The molecule has 26 heavy (non-hydrogen) atoms. The van der Waals surface area contributed by atoms with Crippen LogP contribution in [-0.4, -0.2) is 47.3 Å². The summed E-state index contributed by atoms with van der Waals surface area (Å²) in [6.45, 7) is 0.484. The summed E-state index contributed by atoms with van der Waals surface area (Å²) in [6.07, 6.45) is 1.08. The summed E-state index contributed by atoms with van der Waals surface area (Å²) in [5.41, 5.74) is 0.545. The van der Waals surface area contributed by atoms with Gasteiger partial charge in [0, 0.05) is 23.4 Å². The molecule has 7 heteroatoms. The minimum Gasteiger partial charge on any atom is -0.347 e. The van der Waals surface area contributed by atoms with E-state index in [0.717, 1.165) is 4.88 Å². The van der Waals surface area contributed by atoms with Crippen molar-refractivity contribution >= 4 is 29.1 Å². The molecule has 1 aromatic carbocycles. The van der Waals surface area contributed by atoms with E-state index in [1.165, 1.54) is 0 Å². The van der Waals surface area contributed by atoms with Gasteiger partial charge in [-0.3, -0.25) is 14.4 Å². The number of hydrogen-bond donors (Lipinski definition) is 2. The van der Waals surface area contributed by atoms with Crippen LogP contribution in [0.25, 0.3) is 0 Å². The van der Waals surface area contributed by atoms with Gasteiger partial charge in [0.25, 0.3) is 5.91 Å². The van der Waals surface area contributed by atoms with Gasteiger partial charge >= 0.3 is 0 Å². The van der Waals surface area contributed by atoms with E-state index >= 15 is 0 Å². The lowest BCUT2D eigenvalue weighted by Gasteiger charge is -2.36. The van der Waals surface area contributed by atoms with Crippen LogP contribution >= 0.6 is 11.3 Å². The number of benzene rings is 1. The van der Waals surface area contributed by atoms with Crippen LogP contribution in [0.3, 0.4) is 0 Å². The Morgan fingerprint density at radius 3 is 2.73 bits per heavy atom. The number of carbonyl (C=O) groups is 3. The van der Waals surface area contributed by atoms with Gasteiger partial charge in [-0.15, -0.1) is 11.3 Å². The smallest absolute Gasteiger partial charge is 0.251 e. The fourth-order valence-electron chi connectivity index (χ4n) is 3.64. The van der Waals surface area contributed by atoms with E-state index in [1.807, 2.05) is 23.6 Å². The molecule has 0 saturated carbocycles. The number of nitrogens with one attached hydrogen (secondary N) is 2. The molecule has 1 aromatic heterocycles. The Kier molecular flexibility index (Phi) is 4.46. The predicted octanol–water partition coefficient (Wildman–Crippen LogP) is 1.19. The molecule has 134 valence electrons. The molecule has 2 aliphatic heterocycles. The molecule has 2 saturated heterocycles. The summed E-state index contributed by atoms with van der Waals surface area (Å²) in [4.78, 5) is 40.5. The van der Waals surface area contributed by atoms with Crippen LogP contribution in [0.2, 0.25) is 0 Å². The predicted molar refractivity (Wildman–Crippen MR) is 97.8 cm³/mol. The first-order chi connectivity index (χ1) is 12.6. The molecule has 2 N–H and O–H groups in total. The van der Waals surface area contributed by atoms with Gasteiger partial charge in [0.15, 0.2) is 0 Å². The number of rotatable bonds is 4. The third-order valence-electron chi connectivity index (χ3n) is 4.90. The quantitative estimate of drug-likeness (QED) is 0.850. The fraction of sp³-hybridized carbons (Fsp3) is 0.316. The lowest BCUT2D eigenvalue weighted by molar-refractivity contribution is -0.147. The summed E-state index contributed by atoms with van der Waals surface area (Å²) in [6, 6.07) is 11.3.